The smallest absolute Gasteiger partial charge is 0.335 e. The highest BCUT2D eigenvalue weighted by Crippen LogP contribution is 2.49. The largest absolute Gasteiger partial charge is 0.478 e. The number of carboxylic acids is 2. The summed E-state index contributed by atoms with van der Waals surface area (Å²) in [5.74, 6) is -1.82. The Balaban J connectivity index is 1.34. The van der Waals surface area contributed by atoms with Gasteiger partial charge in [0.1, 0.15) is 6.54 Å². The van der Waals surface area contributed by atoms with Crippen molar-refractivity contribution in [1.82, 2.24) is 4.98 Å². The van der Waals surface area contributed by atoms with Crippen LogP contribution in [-0.2, 0) is 10.8 Å². The maximum atomic E-state index is 12.0. The lowest BCUT2D eigenvalue weighted by molar-refractivity contribution is -0.438. The number of rotatable bonds is 13. The number of aromatic nitrogens is 1. The molecule has 0 fully saturated rings. The fraction of sp³-hybridized carbons (Fsp3) is 0.362. The van der Waals surface area contributed by atoms with Gasteiger partial charge in [-0.05, 0) is 105 Å². The lowest BCUT2D eigenvalue weighted by Gasteiger charge is -2.27. The highest BCUT2D eigenvalue weighted by Gasteiger charge is 2.45. The van der Waals surface area contributed by atoms with E-state index in [1.165, 1.54) is 32.2 Å². The Morgan fingerprint density at radius 1 is 0.875 bits per heavy atom. The van der Waals surface area contributed by atoms with E-state index in [-0.39, 0.29) is 10.8 Å². The fourth-order valence-electron chi connectivity index (χ4n) is 8.42. The summed E-state index contributed by atoms with van der Waals surface area (Å²) in [5, 5.41) is 19.7. The number of unbranched alkanes of at least 4 members (excludes halogenated alkanes) is 2. The molecule has 3 aromatic carbocycles. The number of thiazole rings is 1. The molecule has 4 aromatic rings. The van der Waals surface area contributed by atoms with Gasteiger partial charge >= 0.3 is 11.9 Å². The minimum Gasteiger partial charge on any atom is -0.478 e. The highest BCUT2D eigenvalue weighted by molar-refractivity contribution is 8.05. The van der Waals surface area contributed by atoms with Crippen LogP contribution in [0.15, 0.2) is 111 Å². The number of carboxylic acid groups (broad SMARTS) is 2. The molecule has 2 aliphatic heterocycles. The number of hydrogen-bond donors (Lipinski definition) is 2. The average molecular weight is 787 g/mol. The van der Waals surface area contributed by atoms with Gasteiger partial charge in [0, 0.05) is 52.4 Å². The number of carbonyl (C=O) groups is 2. The van der Waals surface area contributed by atoms with Gasteiger partial charge < -0.3 is 15.1 Å². The molecule has 0 bridgehead atoms. The summed E-state index contributed by atoms with van der Waals surface area (Å²) in [6.45, 7) is 15.0. The number of para-hydroxylation sites is 1. The number of hydrogen-bond acceptors (Lipinski definition) is 6. The maximum Gasteiger partial charge on any atom is 0.335 e. The zero-order valence-electron chi connectivity index (χ0n) is 33.3. The highest BCUT2D eigenvalue weighted by atomic mass is 32.2. The SMILES string of the molecule is CCCCN1/C(=C/C=C2\CCCC(/C=C/C3=[N+](CCCC)c4ccc(C(=O)O)cc4C3(C)C)=C2Sc2nc3ccccc3s2)C(C)(C)c2cc(C(=O)O)ccc21. The Bertz CT molecular complexity index is 2340. The van der Waals surface area contributed by atoms with Crippen LogP contribution in [0.1, 0.15) is 118 Å². The lowest BCUT2D eigenvalue weighted by atomic mass is 9.80. The van der Waals surface area contributed by atoms with Crippen molar-refractivity contribution in [3.63, 3.8) is 0 Å². The van der Waals surface area contributed by atoms with Crippen molar-refractivity contribution in [1.29, 1.82) is 0 Å². The number of aromatic carboxylic acids is 2. The second kappa shape index (κ2) is 16.0. The molecule has 1 aliphatic carbocycles. The third-order valence-electron chi connectivity index (χ3n) is 11.6. The molecule has 290 valence electrons. The number of nitrogens with zero attached hydrogens (tertiary/aromatic N) is 3. The summed E-state index contributed by atoms with van der Waals surface area (Å²) in [6.07, 6.45) is 16.3. The topological polar surface area (TPSA) is 93.7 Å². The third-order valence-corrected chi connectivity index (χ3v) is 13.9. The summed E-state index contributed by atoms with van der Waals surface area (Å²) in [7, 11) is 0. The molecule has 7 rings (SSSR count). The first kappa shape index (κ1) is 39.5. The number of fused-ring (bicyclic) bond motifs is 3. The van der Waals surface area contributed by atoms with Crippen LogP contribution >= 0.6 is 23.1 Å². The molecule has 0 spiro atoms. The van der Waals surface area contributed by atoms with E-state index in [2.05, 4.69) is 93.5 Å². The van der Waals surface area contributed by atoms with Gasteiger partial charge in [0.05, 0.1) is 26.8 Å². The van der Waals surface area contributed by atoms with Gasteiger partial charge in [-0.15, -0.1) is 11.3 Å². The molecule has 3 aliphatic rings. The van der Waals surface area contributed by atoms with E-state index in [9.17, 15) is 19.8 Å². The Labute approximate surface area is 338 Å². The first-order chi connectivity index (χ1) is 26.8. The molecular weight excluding hydrogens is 735 g/mol. The number of benzene rings is 3. The van der Waals surface area contributed by atoms with Crippen LogP contribution in [0.5, 0.6) is 0 Å². The first-order valence-corrected chi connectivity index (χ1v) is 21.5. The Hall–Kier alpha value is -4.73. The van der Waals surface area contributed by atoms with Crippen LogP contribution < -0.4 is 4.90 Å². The van der Waals surface area contributed by atoms with Crippen LogP contribution in [0.25, 0.3) is 10.2 Å². The third kappa shape index (κ3) is 7.43. The summed E-state index contributed by atoms with van der Waals surface area (Å²) in [5.41, 5.74) is 10.0. The van der Waals surface area contributed by atoms with Crippen LogP contribution in [0.2, 0.25) is 0 Å². The number of thioether (sulfide) groups is 1. The summed E-state index contributed by atoms with van der Waals surface area (Å²) >= 11 is 3.48. The predicted octanol–water partition coefficient (Wildman–Crippen LogP) is 12.1. The molecule has 0 saturated carbocycles. The molecular formula is C47H52N3O4S2+. The van der Waals surface area contributed by atoms with Crippen LogP contribution in [-0.4, -0.2) is 50.5 Å². The molecule has 7 nitrogen and oxygen atoms in total. The van der Waals surface area contributed by atoms with Gasteiger partial charge in [0.25, 0.3) is 0 Å². The Kier molecular flexibility index (Phi) is 11.3. The normalized spacial score (nSPS) is 18.9. The molecule has 0 radical (unpaired) electrons. The standard InChI is InChI=1S/C47H51N3O4S2/c1-7-9-26-49-37-22-18-32(43(51)52)28-34(37)46(3,4)40(49)24-20-30-14-13-15-31(42(30)56-45-48-36-16-11-12-17-39(36)55-45)21-25-41-47(5,6)35-29-33(44(53)54)19-23-38(35)50(41)27-10-8-2/h11-12,16-25,28-29H,7-10,13-15,26-27H2,1-6H3,(H-,51,52,53,54)/p+1. The van der Waals surface area contributed by atoms with E-state index in [0.29, 0.717) is 11.1 Å². The zero-order valence-corrected chi connectivity index (χ0v) is 34.9. The van der Waals surface area contributed by atoms with Gasteiger partial charge in [0.2, 0.25) is 5.69 Å². The van der Waals surface area contributed by atoms with E-state index < -0.39 is 11.9 Å². The molecule has 56 heavy (non-hydrogen) atoms. The van der Waals surface area contributed by atoms with Gasteiger partial charge in [-0.2, -0.15) is 4.58 Å². The van der Waals surface area contributed by atoms with Crippen molar-refractivity contribution in [3.8, 4) is 0 Å². The van der Waals surface area contributed by atoms with E-state index >= 15 is 0 Å². The quantitative estimate of drug-likeness (QED) is 0.130. The van der Waals surface area contributed by atoms with Crippen molar-refractivity contribution in [2.75, 3.05) is 18.0 Å². The van der Waals surface area contributed by atoms with Crippen molar-refractivity contribution in [3.05, 3.63) is 129 Å². The molecule has 1 aromatic heterocycles. The van der Waals surface area contributed by atoms with Gasteiger partial charge in [-0.25, -0.2) is 14.6 Å². The zero-order chi connectivity index (χ0) is 39.8. The monoisotopic (exact) mass is 786 g/mol. The summed E-state index contributed by atoms with van der Waals surface area (Å²) in [4.78, 5) is 32.7. The fourth-order valence-corrected chi connectivity index (χ4v) is 10.7. The molecule has 0 amide bonds. The number of allylic oxidation sites excluding steroid dienone is 7. The van der Waals surface area contributed by atoms with Crippen molar-refractivity contribution < 1.29 is 24.4 Å². The van der Waals surface area contributed by atoms with Crippen LogP contribution in [0.3, 0.4) is 0 Å². The van der Waals surface area contributed by atoms with Crippen molar-refractivity contribution in [2.45, 2.75) is 102 Å². The molecule has 3 heterocycles. The predicted molar refractivity (Wildman–Crippen MR) is 231 cm³/mol. The van der Waals surface area contributed by atoms with Crippen molar-refractivity contribution in [2.24, 2.45) is 0 Å². The molecule has 0 saturated heterocycles. The van der Waals surface area contributed by atoms with Crippen LogP contribution in [0.4, 0.5) is 11.4 Å². The molecule has 0 atom stereocenters. The van der Waals surface area contributed by atoms with E-state index in [1.807, 2.05) is 30.3 Å². The minimum absolute atomic E-state index is 0.315. The average Bonchev–Trinajstić information content (AvgIpc) is 3.75. The van der Waals surface area contributed by atoms with Gasteiger partial charge in [-0.1, -0.05) is 76.6 Å². The van der Waals surface area contributed by atoms with E-state index in [4.69, 9.17) is 4.98 Å². The lowest BCUT2D eigenvalue weighted by Crippen LogP contribution is -2.28. The molecule has 9 heteroatoms. The van der Waals surface area contributed by atoms with Gasteiger partial charge in [0.15, 0.2) is 10.1 Å². The maximum absolute atomic E-state index is 12.0. The molecule has 2 N–H and O–H groups in total. The minimum atomic E-state index is -0.908. The Morgan fingerprint density at radius 2 is 1.59 bits per heavy atom. The number of anilines is 1. The Morgan fingerprint density at radius 3 is 2.30 bits per heavy atom. The first-order valence-electron chi connectivity index (χ1n) is 19.9. The second-order valence-corrected chi connectivity index (χ2v) is 18.3. The van der Waals surface area contributed by atoms with Gasteiger partial charge in [-0.3, -0.25) is 0 Å². The summed E-state index contributed by atoms with van der Waals surface area (Å²) in [6, 6.07) is 19.4. The van der Waals surface area contributed by atoms with E-state index in [1.54, 1.807) is 35.2 Å². The molecule has 0 unspecified atom stereocenters. The second-order valence-electron chi connectivity index (χ2n) is 16.1. The van der Waals surface area contributed by atoms with Crippen molar-refractivity contribution >= 4 is 62.3 Å². The van der Waals surface area contributed by atoms with Crippen LogP contribution in [0, 0.1) is 0 Å². The summed E-state index contributed by atoms with van der Waals surface area (Å²) < 4.78 is 4.58. The van der Waals surface area contributed by atoms with E-state index in [0.717, 1.165) is 90.4 Å².